The number of methoxy groups -OCH3 is 1. The highest BCUT2D eigenvalue weighted by Crippen LogP contribution is 2.28. The number of sulfonamides is 1. The first-order chi connectivity index (χ1) is 13.4. The number of hydrogen-bond donors (Lipinski definition) is 0. The molecule has 3 rings (SSSR count). The summed E-state index contributed by atoms with van der Waals surface area (Å²) in [6.45, 7) is 0. The molecular weight excluding hydrogens is 399 g/mol. The summed E-state index contributed by atoms with van der Waals surface area (Å²) < 4.78 is 45.9. The molecule has 0 saturated heterocycles. The van der Waals surface area contributed by atoms with E-state index in [4.69, 9.17) is 4.74 Å². The Morgan fingerprint density at radius 1 is 1.21 bits per heavy atom. The lowest BCUT2D eigenvalue weighted by Gasteiger charge is -2.30. The molecule has 1 aliphatic carbocycles. The maximum Gasteiger partial charge on any atom is 0.244 e. The third-order valence-corrected chi connectivity index (χ3v) is 7.99. The van der Waals surface area contributed by atoms with Gasteiger partial charge in [0.15, 0.2) is 11.6 Å². The maximum atomic E-state index is 13.8. The summed E-state index contributed by atoms with van der Waals surface area (Å²) in [6, 6.07) is 8.19. The van der Waals surface area contributed by atoms with Crippen LogP contribution in [0.1, 0.15) is 37.7 Å². The Hall–Kier alpha value is -1.64. The SMILES string of the molecule is COc1ccc(CSc2ccc(S(=O)(=O)N(C)C3CCCCC3)cn2)cc1F. The molecule has 5 nitrogen and oxygen atoms in total. The quantitative estimate of drug-likeness (QED) is 0.614. The fraction of sp³-hybridized carbons (Fsp3) is 0.450. The van der Waals surface area contributed by atoms with Gasteiger partial charge in [-0.05, 0) is 42.7 Å². The first kappa shape index (κ1) is 21.1. The summed E-state index contributed by atoms with van der Waals surface area (Å²) in [7, 11) is -0.450. The molecule has 1 aliphatic rings. The number of pyridine rings is 1. The summed E-state index contributed by atoms with van der Waals surface area (Å²) in [6.07, 6.45) is 6.56. The van der Waals surface area contributed by atoms with Crippen LogP contribution in [0.15, 0.2) is 46.5 Å². The monoisotopic (exact) mass is 424 g/mol. The highest BCUT2D eigenvalue weighted by atomic mass is 32.2. The van der Waals surface area contributed by atoms with Crippen molar-refractivity contribution < 1.29 is 17.5 Å². The topological polar surface area (TPSA) is 59.5 Å². The molecule has 0 radical (unpaired) electrons. The van der Waals surface area contributed by atoms with E-state index in [1.54, 1.807) is 31.3 Å². The van der Waals surface area contributed by atoms with Crippen LogP contribution in [-0.4, -0.2) is 37.9 Å². The number of nitrogens with zero attached hydrogens (tertiary/aromatic N) is 2. The van der Waals surface area contributed by atoms with Gasteiger partial charge < -0.3 is 4.74 Å². The molecule has 0 spiro atoms. The van der Waals surface area contributed by atoms with Crippen LogP contribution in [0.25, 0.3) is 0 Å². The Bertz CT molecular complexity index is 898. The second-order valence-corrected chi connectivity index (χ2v) is 9.90. The molecule has 0 unspecified atom stereocenters. The van der Waals surface area contributed by atoms with Crippen molar-refractivity contribution in [2.45, 2.75) is 53.8 Å². The van der Waals surface area contributed by atoms with E-state index in [0.29, 0.717) is 10.8 Å². The van der Waals surface area contributed by atoms with Crippen molar-refractivity contribution >= 4 is 21.8 Å². The average Bonchev–Trinajstić information content (AvgIpc) is 2.72. The highest BCUT2D eigenvalue weighted by Gasteiger charge is 2.29. The van der Waals surface area contributed by atoms with Gasteiger partial charge in [0, 0.05) is 25.0 Å². The van der Waals surface area contributed by atoms with Gasteiger partial charge in [0.05, 0.1) is 12.1 Å². The van der Waals surface area contributed by atoms with E-state index in [1.807, 2.05) is 0 Å². The number of thioether (sulfide) groups is 1. The van der Waals surface area contributed by atoms with E-state index in [1.165, 1.54) is 41.9 Å². The molecule has 28 heavy (non-hydrogen) atoms. The molecule has 152 valence electrons. The minimum absolute atomic E-state index is 0.0674. The zero-order valence-corrected chi connectivity index (χ0v) is 17.7. The molecule has 0 N–H and O–H groups in total. The minimum Gasteiger partial charge on any atom is -0.494 e. The highest BCUT2D eigenvalue weighted by molar-refractivity contribution is 7.98. The standard InChI is InChI=1S/C20H25FN2O3S2/c1-23(16-6-4-3-5-7-16)28(24,25)17-9-11-20(22-13-17)27-14-15-8-10-19(26-2)18(21)12-15/h8-13,16H,3-7,14H2,1-2H3. The van der Waals surface area contributed by atoms with Crippen molar-refractivity contribution in [3.8, 4) is 5.75 Å². The fourth-order valence-corrected chi connectivity index (χ4v) is 5.52. The largest absolute Gasteiger partial charge is 0.494 e. The van der Waals surface area contributed by atoms with Gasteiger partial charge in [0.2, 0.25) is 10.0 Å². The Kier molecular flexibility index (Phi) is 6.95. The minimum atomic E-state index is -3.54. The Balaban J connectivity index is 1.64. The van der Waals surface area contributed by atoms with Gasteiger partial charge in [-0.2, -0.15) is 4.31 Å². The third-order valence-electron chi connectivity index (χ3n) is 5.08. The average molecular weight is 425 g/mol. The van der Waals surface area contributed by atoms with Crippen molar-refractivity contribution in [2.24, 2.45) is 0 Å². The molecule has 1 saturated carbocycles. The normalized spacial score (nSPS) is 15.7. The lowest BCUT2D eigenvalue weighted by Crippen LogP contribution is -2.38. The second kappa shape index (κ2) is 9.24. The predicted octanol–water partition coefficient (Wildman–Crippen LogP) is 4.47. The van der Waals surface area contributed by atoms with Gasteiger partial charge in [-0.1, -0.05) is 25.3 Å². The summed E-state index contributed by atoms with van der Waals surface area (Å²) in [4.78, 5) is 4.49. The Morgan fingerprint density at radius 2 is 1.96 bits per heavy atom. The van der Waals surface area contributed by atoms with Gasteiger partial charge in [-0.15, -0.1) is 11.8 Å². The molecule has 0 aliphatic heterocycles. The van der Waals surface area contributed by atoms with E-state index >= 15 is 0 Å². The molecule has 8 heteroatoms. The van der Waals surface area contributed by atoms with E-state index in [9.17, 15) is 12.8 Å². The van der Waals surface area contributed by atoms with Crippen LogP contribution in [0.5, 0.6) is 5.75 Å². The lowest BCUT2D eigenvalue weighted by molar-refractivity contribution is 0.285. The van der Waals surface area contributed by atoms with Gasteiger partial charge >= 0.3 is 0 Å². The van der Waals surface area contributed by atoms with Crippen LogP contribution < -0.4 is 4.74 Å². The summed E-state index contributed by atoms with van der Waals surface area (Å²) in [5.41, 5.74) is 0.804. The second-order valence-electron chi connectivity index (χ2n) is 6.90. The number of hydrogen-bond acceptors (Lipinski definition) is 5. The smallest absolute Gasteiger partial charge is 0.244 e. The first-order valence-electron chi connectivity index (χ1n) is 9.31. The molecule has 0 bridgehead atoms. The molecule has 0 atom stereocenters. The van der Waals surface area contributed by atoms with Crippen molar-refractivity contribution in [2.75, 3.05) is 14.2 Å². The third kappa shape index (κ3) is 4.85. The molecule has 1 aromatic heterocycles. The van der Waals surface area contributed by atoms with Gasteiger partial charge in [0.1, 0.15) is 4.90 Å². The number of halogens is 1. The molecule has 1 aromatic carbocycles. The molecule has 0 amide bonds. The summed E-state index contributed by atoms with van der Waals surface area (Å²) >= 11 is 1.42. The van der Waals surface area contributed by atoms with Gasteiger partial charge in [-0.3, -0.25) is 0 Å². The fourth-order valence-electron chi connectivity index (χ4n) is 3.37. The van der Waals surface area contributed by atoms with Crippen LogP contribution in [0.2, 0.25) is 0 Å². The zero-order valence-electron chi connectivity index (χ0n) is 16.1. The van der Waals surface area contributed by atoms with Gasteiger partial charge in [-0.25, -0.2) is 17.8 Å². The number of benzene rings is 1. The van der Waals surface area contributed by atoms with Gasteiger partial charge in [0.25, 0.3) is 0 Å². The molecule has 1 heterocycles. The van der Waals surface area contributed by atoms with Crippen molar-refractivity contribution in [1.29, 1.82) is 0 Å². The number of rotatable bonds is 7. The van der Waals surface area contributed by atoms with E-state index < -0.39 is 15.8 Å². The van der Waals surface area contributed by atoms with Crippen LogP contribution >= 0.6 is 11.8 Å². The Morgan fingerprint density at radius 3 is 2.57 bits per heavy atom. The lowest BCUT2D eigenvalue weighted by atomic mass is 9.96. The van der Waals surface area contributed by atoms with E-state index in [2.05, 4.69) is 4.98 Å². The first-order valence-corrected chi connectivity index (χ1v) is 11.7. The molecule has 1 fully saturated rings. The number of ether oxygens (including phenoxy) is 1. The van der Waals surface area contributed by atoms with E-state index in [-0.39, 0.29) is 16.7 Å². The maximum absolute atomic E-state index is 13.8. The summed E-state index contributed by atoms with van der Waals surface area (Å²) in [5.74, 6) is 0.339. The van der Waals surface area contributed by atoms with Crippen LogP contribution in [0, 0.1) is 5.82 Å². The Labute approximate surface area is 170 Å². The summed E-state index contributed by atoms with van der Waals surface area (Å²) in [5, 5.41) is 0.690. The van der Waals surface area contributed by atoms with Crippen molar-refractivity contribution in [1.82, 2.24) is 9.29 Å². The van der Waals surface area contributed by atoms with Crippen LogP contribution in [-0.2, 0) is 15.8 Å². The van der Waals surface area contributed by atoms with Crippen molar-refractivity contribution in [3.63, 3.8) is 0 Å². The van der Waals surface area contributed by atoms with E-state index in [0.717, 1.165) is 31.2 Å². The molecular formula is C20H25FN2O3S2. The van der Waals surface area contributed by atoms with Crippen molar-refractivity contribution in [3.05, 3.63) is 47.9 Å². The van der Waals surface area contributed by atoms with Crippen LogP contribution in [0.3, 0.4) is 0 Å². The molecule has 2 aromatic rings. The predicted molar refractivity (Wildman–Crippen MR) is 109 cm³/mol. The number of aromatic nitrogens is 1. The van der Waals surface area contributed by atoms with Crippen LogP contribution in [0.4, 0.5) is 4.39 Å². The zero-order chi connectivity index (χ0) is 20.1.